The average Bonchev–Trinajstić information content (AvgIpc) is 3.19. The highest BCUT2D eigenvalue weighted by Gasteiger charge is 2.70. The molecule has 0 unspecified atom stereocenters. The van der Waals surface area contributed by atoms with Gasteiger partial charge >= 0.3 is 11.9 Å². The van der Waals surface area contributed by atoms with Crippen molar-refractivity contribution in [3.05, 3.63) is 52.6 Å². The molecular formula is C37H50F2O6. The third kappa shape index (κ3) is 5.79. The first-order valence-corrected chi connectivity index (χ1v) is 16.6. The van der Waals surface area contributed by atoms with Crippen LogP contribution in [0.5, 0.6) is 5.75 Å². The Hall–Kier alpha value is -2.58. The molecule has 4 aliphatic carbocycles. The smallest absolute Gasteiger partial charge is 0.339 e. The molecular weight excluding hydrogens is 578 g/mol. The van der Waals surface area contributed by atoms with Crippen LogP contribution < -0.4 is 4.74 Å². The van der Waals surface area contributed by atoms with Gasteiger partial charge in [-0.2, -0.15) is 0 Å². The lowest BCUT2D eigenvalue weighted by Gasteiger charge is -2.69. The Morgan fingerprint density at radius 1 is 0.978 bits per heavy atom. The number of hydrogen-bond donors (Lipinski definition) is 2. The Balaban J connectivity index is 1.62. The number of aliphatic hydroxyl groups excluding tert-OH is 2. The summed E-state index contributed by atoms with van der Waals surface area (Å²) in [6.07, 6.45) is 5.32. The highest BCUT2D eigenvalue weighted by Crippen LogP contribution is 2.74. The summed E-state index contributed by atoms with van der Waals surface area (Å²) in [5, 5.41) is 22.9. The lowest BCUT2D eigenvalue weighted by atomic mass is 9.36. The van der Waals surface area contributed by atoms with Crippen molar-refractivity contribution in [2.24, 2.45) is 39.9 Å². The first kappa shape index (κ1) is 33.8. The van der Waals surface area contributed by atoms with Gasteiger partial charge in [0.25, 0.3) is 0 Å². The van der Waals surface area contributed by atoms with Crippen LogP contribution in [0.4, 0.5) is 8.78 Å². The minimum atomic E-state index is -0.856. The minimum absolute atomic E-state index is 0.0337. The Morgan fingerprint density at radius 2 is 1.64 bits per heavy atom. The predicted molar refractivity (Wildman–Crippen MR) is 167 cm³/mol. The number of carbonyl (C=O) groups excluding carboxylic acids is 2. The molecule has 10 atom stereocenters. The first-order valence-electron chi connectivity index (χ1n) is 16.6. The van der Waals surface area contributed by atoms with E-state index in [4.69, 9.17) is 9.47 Å². The number of aliphatic hydroxyl groups is 2. The number of halogens is 2. The molecule has 0 radical (unpaired) electrons. The molecule has 0 saturated heterocycles. The summed E-state index contributed by atoms with van der Waals surface area (Å²) in [5.74, 6) is -3.02. The largest absolute Gasteiger partial charge is 0.458 e. The maximum Gasteiger partial charge on any atom is 0.339 e. The van der Waals surface area contributed by atoms with Gasteiger partial charge in [-0.25, -0.2) is 13.6 Å². The van der Waals surface area contributed by atoms with Gasteiger partial charge in [0, 0.05) is 30.7 Å². The Kier molecular flexibility index (Phi) is 9.17. The molecule has 248 valence electrons. The lowest BCUT2D eigenvalue weighted by molar-refractivity contribution is -0.234. The maximum absolute atomic E-state index is 14.0. The number of carbonyl (C=O) groups is 2. The standard InChI is InChI=1S/C37H50F2O6/c1-20(2)9-8-10-26(34(43)45-25-16-23(38)15-24(39)17-25)32-28-18-30(42)33-35(5)13-12-29(41)21(3)27(35)11-14-36(33,6)37(28,7)19-31(32)44-22(4)40/h9,15-17,21,27-31,33,41-42H,8,10-14,18-19H2,1-7H3/b32-26-/t21-,27-,28-,29+,30+,31-,33-,35-,36-,37-/m0/s1. The van der Waals surface area contributed by atoms with Crippen molar-refractivity contribution in [1.29, 1.82) is 0 Å². The molecule has 1 aromatic rings. The molecule has 0 spiro atoms. The molecule has 6 nitrogen and oxygen atoms in total. The van der Waals surface area contributed by atoms with E-state index >= 15 is 0 Å². The SMILES string of the molecule is CC(=O)O[C@H]1C[C@@]2(C)[C@@H](C[C@@H](O)[C@H]3[C@@]4(C)CC[C@@H](O)[C@@H](C)[C@@H]4CC[C@@]32C)/C1=C(\CCC=C(C)C)C(=O)Oc1cc(F)cc(F)c1. The molecule has 0 aromatic heterocycles. The van der Waals surface area contributed by atoms with Gasteiger partial charge < -0.3 is 19.7 Å². The second-order valence-corrected chi connectivity index (χ2v) is 15.3. The van der Waals surface area contributed by atoms with E-state index in [1.54, 1.807) is 0 Å². The van der Waals surface area contributed by atoms with Crippen molar-refractivity contribution in [2.45, 2.75) is 118 Å². The summed E-state index contributed by atoms with van der Waals surface area (Å²) in [6.45, 7) is 14.2. The fraction of sp³-hybridized carbons (Fsp3) is 0.676. The molecule has 4 fully saturated rings. The zero-order chi connectivity index (χ0) is 33.1. The molecule has 8 heteroatoms. The quantitative estimate of drug-likeness (QED) is 0.147. The zero-order valence-corrected chi connectivity index (χ0v) is 27.8. The van der Waals surface area contributed by atoms with E-state index in [2.05, 4.69) is 27.7 Å². The third-order valence-electron chi connectivity index (χ3n) is 12.6. The number of allylic oxidation sites excluding steroid dienone is 2. The van der Waals surface area contributed by atoms with Crippen LogP contribution in [0, 0.1) is 51.6 Å². The monoisotopic (exact) mass is 628 g/mol. The molecule has 4 aliphatic rings. The summed E-state index contributed by atoms with van der Waals surface area (Å²) >= 11 is 0. The van der Waals surface area contributed by atoms with Crippen LogP contribution >= 0.6 is 0 Å². The summed E-state index contributed by atoms with van der Waals surface area (Å²) in [6, 6.07) is 2.66. The molecule has 0 amide bonds. The normalized spacial score (nSPS) is 40.0. The third-order valence-corrected chi connectivity index (χ3v) is 12.6. The molecule has 0 bridgehead atoms. The Bertz CT molecular complexity index is 1380. The van der Waals surface area contributed by atoms with Gasteiger partial charge in [0.1, 0.15) is 23.5 Å². The van der Waals surface area contributed by atoms with Crippen LogP contribution in [0.2, 0.25) is 0 Å². The fourth-order valence-corrected chi connectivity index (χ4v) is 10.5. The van der Waals surface area contributed by atoms with Crippen molar-refractivity contribution >= 4 is 11.9 Å². The molecule has 0 aliphatic heterocycles. The molecule has 45 heavy (non-hydrogen) atoms. The van der Waals surface area contributed by atoms with Crippen molar-refractivity contribution in [1.82, 2.24) is 0 Å². The van der Waals surface area contributed by atoms with Crippen molar-refractivity contribution < 1.29 is 38.1 Å². The summed E-state index contributed by atoms with van der Waals surface area (Å²) < 4.78 is 39.7. The van der Waals surface area contributed by atoms with E-state index in [1.807, 2.05) is 19.9 Å². The molecule has 2 N–H and O–H groups in total. The predicted octanol–water partition coefficient (Wildman–Crippen LogP) is 7.47. The van der Waals surface area contributed by atoms with E-state index < -0.39 is 41.2 Å². The van der Waals surface area contributed by atoms with Crippen LogP contribution in [0.1, 0.15) is 99.8 Å². The first-order chi connectivity index (χ1) is 21.0. The van der Waals surface area contributed by atoms with Crippen LogP contribution in [0.3, 0.4) is 0 Å². The van der Waals surface area contributed by atoms with E-state index in [9.17, 15) is 28.6 Å². The molecule has 5 rings (SSSR count). The second-order valence-electron chi connectivity index (χ2n) is 15.3. The highest BCUT2D eigenvalue weighted by atomic mass is 19.1. The maximum atomic E-state index is 14.0. The van der Waals surface area contributed by atoms with Crippen molar-refractivity contribution in [3.63, 3.8) is 0 Å². The van der Waals surface area contributed by atoms with Crippen LogP contribution in [0.25, 0.3) is 0 Å². The van der Waals surface area contributed by atoms with E-state index in [0.717, 1.165) is 37.0 Å². The fourth-order valence-electron chi connectivity index (χ4n) is 10.5. The summed E-state index contributed by atoms with van der Waals surface area (Å²) in [7, 11) is 0. The topological polar surface area (TPSA) is 93.1 Å². The Labute approximate surface area is 266 Å². The molecule has 4 saturated carbocycles. The molecule has 0 heterocycles. The molecule has 1 aromatic carbocycles. The van der Waals surface area contributed by atoms with Gasteiger partial charge in [0.15, 0.2) is 0 Å². The minimum Gasteiger partial charge on any atom is -0.458 e. The van der Waals surface area contributed by atoms with E-state index in [0.29, 0.717) is 42.9 Å². The highest BCUT2D eigenvalue weighted by molar-refractivity contribution is 5.91. The zero-order valence-electron chi connectivity index (χ0n) is 27.8. The summed E-state index contributed by atoms with van der Waals surface area (Å²) in [4.78, 5) is 26.5. The number of rotatable bonds is 6. The number of esters is 2. The van der Waals surface area contributed by atoms with E-state index in [1.165, 1.54) is 6.92 Å². The van der Waals surface area contributed by atoms with Gasteiger partial charge in [-0.3, -0.25) is 4.79 Å². The Morgan fingerprint density at radius 3 is 2.27 bits per heavy atom. The number of fused-ring (bicyclic) bond motifs is 5. The number of benzene rings is 1. The van der Waals surface area contributed by atoms with Crippen LogP contribution in [-0.4, -0.2) is 40.5 Å². The van der Waals surface area contributed by atoms with Crippen molar-refractivity contribution in [3.8, 4) is 5.75 Å². The average molecular weight is 629 g/mol. The van der Waals surface area contributed by atoms with E-state index in [-0.39, 0.29) is 52.8 Å². The number of ether oxygens (including phenoxy) is 2. The lowest BCUT2D eigenvalue weighted by Crippen LogP contribution is -2.65. The van der Waals surface area contributed by atoms with Gasteiger partial charge in [-0.1, -0.05) is 39.3 Å². The van der Waals surface area contributed by atoms with Gasteiger partial charge in [-0.15, -0.1) is 0 Å². The van der Waals surface area contributed by atoms with Crippen LogP contribution in [-0.2, 0) is 14.3 Å². The second kappa shape index (κ2) is 12.2. The van der Waals surface area contributed by atoms with Crippen molar-refractivity contribution in [2.75, 3.05) is 0 Å². The summed E-state index contributed by atoms with van der Waals surface area (Å²) in [5.41, 5.74) is 1.13. The number of hydrogen-bond acceptors (Lipinski definition) is 6. The van der Waals surface area contributed by atoms with Gasteiger partial charge in [-0.05, 0) is 111 Å². The van der Waals surface area contributed by atoms with Gasteiger partial charge in [0.2, 0.25) is 0 Å². The van der Waals surface area contributed by atoms with Crippen LogP contribution in [0.15, 0.2) is 41.0 Å². The van der Waals surface area contributed by atoms with Gasteiger partial charge in [0.05, 0.1) is 12.2 Å².